The Bertz CT molecular complexity index is 1170. The average Bonchev–Trinajstić information content (AvgIpc) is 2.93. The molecule has 1 aliphatic rings. The monoisotopic (exact) mass is 497 g/mol. The number of hydrogen-bond acceptors (Lipinski definition) is 1. The van der Waals surface area contributed by atoms with E-state index in [1.165, 1.54) is 63.0 Å². The van der Waals surface area contributed by atoms with Gasteiger partial charge in [-0.15, -0.1) is 0 Å². The fourth-order valence-corrected chi connectivity index (χ4v) is 5.64. The van der Waals surface area contributed by atoms with Gasteiger partial charge < -0.3 is 4.90 Å². The number of rotatable bonds is 10. The van der Waals surface area contributed by atoms with Gasteiger partial charge in [-0.3, -0.25) is 4.79 Å². The molecule has 0 unspecified atom stereocenters. The molecular weight excluding hydrogens is 457 g/mol. The number of likely N-dealkylation sites (N-methyl/N-ethyl adjacent to an activating group) is 1. The Morgan fingerprint density at radius 1 is 0.919 bits per heavy atom. The van der Waals surface area contributed by atoms with Crippen molar-refractivity contribution in [2.24, 2.45) is 5.92 Å². The molecule has 0 saturated heterocycles. The molecule has 0 bridgehead atoms. The van der Waals surface area contributed by atoms with Crippen LogP contribution >= 0.6 is 0 Å². The second-order valence-electron chi connectivity index (χ2n) is 10.6. The van der Waals surface area contributed by atoms with E-state index in [1.807, 2.05) is 36.4 Å². The van der Waals surface area contributed by atoms with Crippen LogP contribution in [0.3, 0.4) is 0 Å². The fraction of sp³-hybridized carbons (Fsp3) is 0.382. The molecule has 0 spiro atoms. The van der Waals surface area contributed by atoms with Crippen molar-refractivity contribution in [3.8, 4) is 22.3 Å². The van der Waals surface area contributed by atoms with Crippen molar-refractivity contribution in [1.29, 1.82) is 0 Å². The van der Waals surface area contributed by atoms with Gasteiger partial charge in [0.25, 0.3) is 0 Å². The van der Waals surface area contributed by atoms with Crippen molar-refractivity contribution < 1.29 is 9.18 Å². The summed E-state index contributed by atoms with van der Waals surface area (Å²) in [7, 11) is 1.74. The molecule has 1 saturated carbocycles. The predicted octanol–water partition coefficient (Wildman–Crippen LogP) is 9.16. The summed E-state index contributed by atoms with van der Waals surface area (Å²) in [6.07, 6.45) is 12.1. The third kappa shape index (κ3) is 6.97. The van der Waals surface area contributed by atoms with Crippen LogP contribution in [-0.2, 0) is 11.3 Å². The Balaban J connectivity index is 1.38. The van der Waals surface area contributed by atoms with E-state index in [-0.39, 0.29) is 11.7 Å². The minimum atomic E-state index is -0.227. The van der Waals surface area contributed by atoms with E-state index in [4.69, 9.17) is 0 Å². The molecule has 0 N–H and O–H groups in total. The first-order valence-corrected chi connectivity index (χ1v) is 13.8. The first-order chi connectivity index (χ1) is 18.0. The van der Waals surface area contributed by atoms with Crippen LogP contribution in [0.1, 0.15) is 75.3 Å². The molecule has 1 aliphatic carbocycles. The van der Waals surface area contributed by atoms with E-state index in [1.54, 1.807) is 18.0 Å². The molecule has 3 aromatic carbocycles. The second-order valence-corrected chi connectivity index (χ2v) is 10.6. The Hall–Kier alpha value is -3.20. The van der Waals surface area contributed by atoms with E-state index < -0.39 is 0 Å². The molecule has 0 atom stereocenters. The molecule has 1 amide bonds. The van der Waals surface area contributed by atoms with Gasteiger partial charge in [-0.25, -0.2) is 4.39 Å². The van der Waals surface area contributed by atoms with E-state index >= 15 is 4.39 Å². The van der Waals surface area contributed by atoms with Crippen molar-refractivity contribution in [3.63, 3.8) is 0 Å². The molecule has 3 heteroatoms. The topological polar surface area (TPSA) is 20.3 Å². The number of carbonyl (C=O) groups excluding carboxylic acids is 1. The number of amides is 1. The van der Waals surface area contributed by atoms with E-state index in [0.29, 0.717) is 18.0 Å². The molecular formula is C34H40FNO. The summed E-state index contributed by atoms with van der Waals surface area (Å²) in [5.74, 6) is 1.23. The summed E-state index contributed by atoms with van der Waals surface area (Å²) in [5, 5.41) is 0. The lowest BCUT2D eigenvalue weighted by molar-refractivity contribution is -0.125. The van der Waals surface area contributed by atoms with Crippen LogP contribution in [0.4, 0.5) is 4.39 Å². The SMILES string of the molecule is C=CC(=O)N(C)Cc1ccc(-c2ccc(-c3ccc(C4CCC(CCCCC)CC4)cc3)cc2F)cc1. The third-order valence-electron chi connectivity index (χ3n) is 7.98. The highest BCUT2D eigenvalue weighted by atomic mass is 19.1. The number of unbranched alkanes of at least 4 members (excludes halogenated alkanes) is 2. The Morgan fingerprint density at radius 2 is 1.57 bits per heavy atom. The predicted molar refractivity (Wildman–Crippen MR) is 153 cm³/mol. The minimum Gasteiger partial charge on any atom is -0.338 e. The van der Waals surface area contributed by atoms with Crippen LogP contribution < -0.4 is 0 Å². The quantitative estimate of drug-likeness (QED) is 0.202. The van der Waals surface area contributed by atoms with Gasteiger partial charge in [0.1, 0.15) is 5.82 Å². The highest BCUT2D eigenvalue weighted by Crippen LogP contribution is 2.38. The zero-order chi connectivity index (χ0) is 26.2. The third-order valence-corrected chi connectivity index (χ3v) is 7.98. The standard InChI is InChI=1S/C34H40FNO/c1-4-6-7-8-25-9-13-27(14-10-25)28-17-19-29(20-18-28)31-21-22-32(33(35)23-31)30-15-11-26(12-16-30)24-36(3)34(37)5-2/h5,11-12,15-23,25,27H,2,4,6-10,13-14,24H2,1,3H3. The molecule has 37 heavy (non-hydrogen) atoms. The molecule has 0 aromatic heterocycles. The van der Waals surface area contributed by atoms with Crippen LogP contribution in [0, 0.1) is 11.7 Å². The summed E-state index contributed by atoms with van der Waals surface area (Å²) in [5.41, 5.74) is 5.77. The van der Waals surface area contributed by atoms with Gasteiger partial charge in [0.05, 0.1) is 0 Å². The van der Waals surface area contributed by atoms with Gasteiger partial charge in [-0.2, -0.15) is 0 Å². The van der Waals surface area contributed by atoms with E-state index in [2.05, 4.69) is 37.8 Å². The smallest absolute Gasteiger partial charge is 0.245 e. The van der Waals surface area contributed by atoms with Gasteiger partial charge in [-0.05, 0) is 77.5 Å². The average molecular weight is 498 g/mol. The lowest BCUT2D eigenvalue weighted by atomic mass is 9.77. The maximum Gasteiger partial charge on any atom is 0.245 e. The maximum absolute atomic E-state index is 15.1. The Kier molecular flexibility index (Phi) is 9.33. The van der Waals surface area contributed by atoms with Gasteiger partial charge in [0.2, 0.25) is 5.91 Å². The van der Waals surface area contributed by atoms with Crippen molar-refractivity contribution >= 4 is 5.91 Å². The lowest BCUT2D eigenvalue weighted by Crippen LogP contribution is -2.23. The number of carbonyl (C=O) groups is 1. The lowest BCUT2D eigenvalue weighted by Gasteiger charge is -2.29. The number of halogens is 1. The van der Waals surface area contributed by atoms with E-state index in [9.17, 15) is 4.79 Å². The summed E-state index contributed by atoms with van der Waals surface area (Å²) in [6.45, 7) is 6.29. The minimum absolute atomic E-state index is 0.121. The van der Waals surface area contributed by atoms with Crippen molar-refractivity contribution in [3.05, 3.63) is 96.3 Å². The zero-order valence-electron chi connectivity index (χ0n) is 22.4. The van der Waals surface area contributed by atoms with Crippen LogP contribution in [0.15, 0.2) is 79.4 Å². The van der Waals surface area contributed by atoms with Crippen LogP contribution in [0.5, 0.6) is 0 Å². The first-order valence-electron chi connectivity index (χ1n) is 13.8. The van der Waals surface area contributed by atoms with Gasteiger partial charge in [-0.1, -0.05) is 99.8 Å². The van der Waals surface area contributed by atoms with Gasteiger partial charge >= 0.3 is 0 Å². The molecule has 0 radical (unpaired) electrons. The Labute approximate surface area is 222 Å². The van der Waals surface area contributed by atoms with Crippen LogP contribution in [0.25, 0.3) is 22.3 Å². The van der Waals surface area contributed by atoms with Gasteiger partial charge in [0.15, 0.2) is 0 Å². The van der Waals surface area contributed by atoms with Crippen LogP contribution in [-0.4, -0.2) is 17.9 Å². The van der Waals surface area contributed by atoms with Crippen molar-refractivity contribution in [1.82, 2.24) is 4.90 Å². The number of nitrogens with zero attached hydrogens (tertiary/aromatic N) is 1. The second kappa shape index (κ2) is 12.9. The summed E-state index contributed by atoms with van der Waals surface area (Å²) >= 11 is 0. The fourth-order valence-electron chi connectivity index (χ4n) is 5.64. The normalized spacial score (nSPS) is 17.4. The molecule has 2 nitrogen and oxygen atoms in total. The highest BCUT2D eigenvalue weighted by molar-refractivity contribution is 5.86. The summed E-state index contributed by atoms with van der Waals surface area (Å²) in [6, 6.07) is 22.0. The summed E-state index contributed by atoms with van der Waals surface area (Å²) in [4.78, 5) is 13.3. The zero-order valence-corrected chi connectivity index (χ0v) is 22.4. The largest absolute Gasteiger partial charge is 0.338 e. The summed E-state index contributed by atoms with van der Waals surface area (Å²) < 4.78 is 15.1. The molecule has 194 valence electrons. The molecule has 4 rings (SSSR count). The number of benzene rings is 3. The van der Waals surface area contributed by atoms with E-state index in [0.717, 1.165) is 28.2 Å². The molecule has 0 aliphatic heterocycles. The molecule has 3 aromatic rings. The van der Waals surface area contributed by atoms with Crippen molar-refractivity contribution in [2.45, 2.75) is 70.8 Å². The molecule has 0 heterocycles. The first kappa shape index (κ1) is 26.9. The van der Waals surface area contributed by atoms with Crippen molar-refractivity contribution in [2.75, 3.05) is 7.05 Å². The highest BCUT2D eigenvalue weighted by Gasteiger charge is 2.22. The Morgan fingerprint density at radius 3 is 2.19 bits per heavy atom. The van der Waals surface area contributed by atoms with Crippen LogP contribution in [0.2, 0.25) is 0 Å². The van der Waals surface area contributed by atoms with Gasteiger partial charge in [0, 0.05) is 19.2 Å². The molecule has 1 fully saturated rings. The maximum atomic E-state index is 15.1. The number of hydrogen-bond donors (Lipinski definition) is 0.